The molecule has 2 aromatic heterocycles. The van der Waals surface area contributed by atoms with Gasteiger partial charge in [-0.1, -0.05) is 17.7 Å². The monoisotopic (exact) mass is 348 g/mol. The van der Waals surface area contributed by atoms with E-state index < -0.39 is 16.0 Å². The fourth-order valence-electron chi connectivity index (χ4n) is 1.91. The largest absolute Gasteiger partial charge is 0.477 e. The molecule has 0 unspecified atom stereocenters. The van der Waals surface area contributed by atoms with Crippen molar-refractivity contribution >= 4 is 27.6 Å². The van der Waals surface area contributed by atoms with Crippen LogP contribution in [0.25, 0.3) is 5.78 Å². The van der Waals surface area contributed by atoms with Crippen molar-refractivity contribution in [3.05, 3.63) is 47.9 Å². The Morgan fingerprint density at radius 3 is 2.62 bits per heavy atom. The number of aromatic nitrogens is 4. The number of nitrogens with one attached hydrogen (secondary N) is 2. The van der Waals surface area contributed by atoms with Crippen LogP contribution in [0.2, 0.25) is 0 Å². The molecule has 0 radical (unpaired) electrons. The van der Waals surface area contributed by atoms with Crippen molar-refractivity contribution < 1.29 is 18.3 Å². The first-order valence-electron chi connectivity index (χ1n) is 6.65. The molecule has 24 heavy (non-hydrogen) atoms. The number of carbonyl (C=O) groups is 1. The molecule has 3 N–H and O–H groups in total. The Balaban J connectivity index is 1.91. The highest BCUT2D eigenvalue weighted by molar-refractivity contribution is 7.89. The predicted molar refractivity (Wildman–Crippen MR) is 82.9 cm³/mol. The lowest BCUT2D eigenvalue weighted by molar-refractivity contribution is 0.0690. The number of aryl methyl sites for hydroxylation is 1. The van der Waals surface area contributed by atoms with Crippen molar-refractivity contribution in [2.45, 2.75) is 11.8 Å². The number of rotatable bonds is 5. The van der Waals surface area contributed by atoms with Gasteiger partial charge in [-0.05, 0) is 19.1 Å². The molecule has 124 valence electrons. The number of carboxylic acid groups (broad SMARTS) is 1. The number of carboxylic acids is 1. The second kappa shape index (κ2) is 5.86. The van der Waals surface area contributed by atoms with Gasteiger partial charge in [-0.3, -0.25) is 5.43 Å². The normalized spacial score (nSPS) is 11.5. The molecule has 3 rings (SSSR count). The Kier molecular flexibility index (Phi) is 3.87. The van der Waals surface area contributed by atoms with Gasteiger partial charge in [0.1, 0.15) is 12.1 Å². The smallest absolute Gasteiger partial charge is 0.354 e. The van der Waals surface area contributed by atoms with E-state index >= 15 is 0 Å². The van der Waals surface area contributed by atoms with Crippen molar-refractivity contribution in [2.24, 2.45) is 0 Å². The molecule has 0 atom stereocenters. The lowest BCUT2D eigenvalue weighted by Gasteiger charge is -2.11. The fraction of sp³-hybridized carbons (Fsp3) is 0.0769. The molecular formula is C13H12N6O4S. The molecule has 0 saturated carbocycles. The van der Waals surface area contributed by atoms with Gasteiger partial charge >= 0.3 is 5.97 Å². The summed E-state index contributed by atoms with van der Waals surface area (Å²) in [5, 5.41) is 12.9. The van der Waals surface area contributed by atoms with E-state index in [1.807, 2.05) is 6.92 Å². The van der Waals surface area contributed by atoms with E-state index in [9.17, 15) is 13.2 Å². The van der Waals surface area contributed by atoms with Gasteiger partial charge in [-0.2, -0.15) is 14.6 Å². The topological polar surface area (TPSA) is 139 Å². The van der Waals surface area contributed by atoms with E-state index in [0.717, 1.165) is 11.6 Å². The van der Waals surface area contributed by atoms with Crippen LogP contribution in [-0.4, -0.2) is 39.1 Å². The molecule has 2 heterocycles. The molecule has 0 aliphatic carbocycles. The number of anilines is 1. The summed E-state index contributed by atoms with van der Waals surface area (Å²) in [5.41, 5.74) is 3.07. The predicted octanol–water partition coefficient (Wildman–Crippen LogP) is 0.436. The summed E-state index contributed by atoms with van der Waals surface area (Å²) in [6.07, 6.45) is 1.17. The molecule has 0 aliphatic rings. The minimum absolute atomic E-state index is 0.0203. The van der Waals surface area contributed by atoms with E-state index in [2.05, 4.69) is 25.3 Å². The number of hydrogen-bond donors (Lipinski definition) is 3. The molecule has 10 nitrogen and oxygen atoms in total. The number of fused-ring (bicyclic) bond motifs is 1. The van der Waals surface area contributed by atoms with Crippen molar-refractivity contribution in [1.29, 1.82) is 0 Å². The molecule has 0 fully saturated rings. The SMILES string of the molecule is Cc1ccc(S(=O)(=O)NNc2cc(C(=O)O)nc3ncnn23)cc1. The van der Waals surface area contributed by atoms with Crippen LogP contribution >= 0.6 is 0 Å². The van der Waals surface area contributed by atoms with Crippen molar-refractivity contribution in [2.75, 3.05) is 5.43 Å². The van der Waals surface area contributed by atoms with Crippen LogP contribution < -0.4 is 10.3 Å². The molecule has 11 heteroatoms. The number of aromatic carboxylic acids is 1. The van der Waals surface area contributed by atoms with Crippen LogP contribution in [0.5, 0.6) is 0 Å². The highest BCUT2D eigenvalue weighted by Gasteiger charge is 2.16. The average molecular weight is 348 g/mol. The first kappa shape index (κ1) is 15.8. The van der Waals surface area contributed by atoms with Gasteiger partial charge in [-0.15, -0.1) is 4.83 Å². The molecule has 0 spiro atoms. The Morgan fingerprint density at radius 2 is 1.96 bits per heavy atom. The van der Waals surface area contributed by atoms with Gasteiger partial charge in [0.25, 0.3) is 15.8 Å². The van der Waals surface area contributed by atoms with Crippen LogP contribution in [-0.2, 0) is 10.0 Å². The second-order valence-electron chi connectivity index (χ2n) is 4.85. The zero-order valence-electron chi connectivity index (χ0n) is 12.3. The third-order valence-corrected chi connectivity index (χ3v) is 4.38. The van der Waals surface area contributed by atoms with Crippen LogP contribution in [0.3, 0.4) is 0 Å². The van der Waals surface area contributed by atoms with E-state index in [-0.39, 0.29) is 22.2 Å². The van der Waals surface area contributed by atoms with E-state index in [4.69, 9.17) is 5.11 Å². The van der Waals surface area contributed by atoms with Crippen molar-refractivity contribution in [3.8, 4) is 0 Å². The summed E-state index contributed by atoms with van der Waals surface area (Å²) in [4.78, 5) is 20.9. The minimum Gasteiger partial charge on any atom is -0.477 e. The number of sulfonamides is 1. The first-order valence-corrected chi connectivity index (χ1v) is 8.14. The van der Waals surface area contributed by atoms with Crippen molar-refractivity contribution in [1.82, 2.24) is 24.4 Å². The maximum Gasteiger partial charge on any atom is 0.354 e. The molecule has 0 saturated heterocycles. The van der Waals surface area contributed by atoms with Gasteiger partial charge in [0.2, 0.25) is 0 Å². The standard InChI is InChI=1S/C13H12N6O4S/c1-8-2-4-9(5-3-8)24(22,23)18-17-11-6-10(12(20)21)16-13-14-7-15-19(11)13/h2-7,17-18H,1H3,(H,20,21). The van der Waals surface area contributed by atoms with Crippen molar-refractivity contribution in [3.63, 3.8) is 0 Å². The van der Waals surface area contributed by atoms with Crippen LogP contribution in [0.1, 0.15) is 16.1 Å². The maximum atomic E-state index is 12.3. The summed E-state index contributed by atoms with van der Waals surface area (Å²) in [5.74, 6) is -1.19. The highest BCUT2D eigenvalue weighted by Crippen LogP contribution is 2.13. The quantitative estimate of drug-likeness (QED) is 0.564. The lowest BCUT2D eigenvalue weighted by atomic mass is 10.2. The zero-order valence-corrected chi connectivity index (χ0v) is 13.1. The Hall–Kier alpha value is -3.05. The summed E-state index contributed by atoms with van der Waals surface area (Å²) in [6, 6.07) is 7.39. The highest BCUT2D eigenvalue weighted by atomic mass is 32.2. The third kappa shape index (κ3) is 3.02. The Labute approximate surface area is 136 Å². The van der Waals surface area contributed by atoms with Gasteiger partial charge < -0.3 is 5.11 Å². The zero-order chi connectivity index (χ0) is 17.3. The van der Waals surface area contributed by atoms with Crippen LogP contribution in [0.15, 0.2) is 41.6 Å². The van der Waals surface area contributed by atoms with Crippen LogP contribution in [0.4, 0.5) is 5.82 Å². The molecule has 1 aromatic carbocycles. The minimum atomic E-state index is -3.85. The second-order valence-corrected chi connectivity index (χ2v) is 6.53. The third-order valence-electron chi connectivity index (χ3n) is 3.12. The molecule has 0 amide bonds. The molecular weight excluding hydrogens is 336 g/mol. The first-order chi connectivity index (χ1) is 11.4. The van der Waals surface area contributed by atoms with E-state index in [0.29, 0.717) is 0 Å². The number of hydrazine groups is 1. The van der Waals surface area contributed by atoms with Gasteiger partial charge in [0.05, 0.1) is 4.90 Å². The number of benzene rings is 1. The summed E-state index contributed by atoms with van der Waals surface area (Å²) in [6.45, 7) is 1.84. The molecule has 0 aliphatic heterocycles. The summed E-state index contributed by atoms with van der Waals surface area (Å²) >= 11 is 0. The average Bonchev–Trinajstić information content (AvgIpc) is 3.01. The summed E-state index contributed by atoms with van der Waals surface area (Å²) < 4.78 is 25.7. The molecule has 3 aromatic rings. The van der Waals surface area contributed by atoms with Gasteiger partial charge in [-0.25, -0.2) is 18.2 Å². The van der Waals surface area contributed by atoms with Crippen LogP contribution in [0, 0.1) is 6.92 Å². The van der Waals surface area contributed by atoms with Gasteiger partial charge in [0, 0.05) is 6.07 Å². The Bertz CT molecular complexity index is 1010. The van der Waals surface area contributed by atoms with Gasteiger partial charge in [0.15, 0.2) is 5.69 Å². The number of nitrogens with zero attached hydrogens (tertiary/aromatic N) is 4. The molecule has 0 bridgehead atoms. The lowest BCUT2D eigenvalue weighted by Crippen LogP contribution is -2.30. The number of hydrogen-bond acceptors (Lipinski definition) is 7. The maximum absolute atomic E-state index is 12.3. The fourth-order valence-corrected chi connectivity index (χ4v) is 2.76. The van der Waals surface area contributed by atoms with E-state index in [1.54, 1.807) is 12.1 Å². The van der Waals surface area contributed by atoms with E-state index in [1.165, 1.54) is 23.0 Å². The Morgan fingerprint density at radius 1 is 1.25 bits per heavy atom. The summed E-state index contributed by atoms with van der Waals surface area (Å²) in [7, 11) is -3.85.